The van der Waals surface area contributed by atoms with Gasteiger partial charge in [0, 0.05) is 56.8 Å². The van der Waals surface area contributed by atoms with Gasteiger partial charge in [-0.25, -0.2) is 19.7 Å². The number of amides is 3. The summed E-state index contributed by atoms with van der Waals surface area (Å²) in [5, 5.41) is 6.14. The standard InChI is InChI=1S/C27H29N7O3S2/c1-37-20-5-4-6-21-23(20)30-26(39-21)31-24(35)19-17-38-25(29-19)18-8-11-33(12-9-18)27(36)34-15-13-32(14-16-34)22-7-2-3-10-28-22/h2-7,10,17-18H,8-9,11-16H2,1H3,(H,30,31,35). The molecule has 202 valence electrons. The first kappa shape index (κ1) is 25.5. The van der Waals surface area contributed by atoms with Gasteiger partial charge in [0.25, 0.3) is 5.91 Å². The Balaban J connectivity index is 1.01. The van der Waals surface area contributed by atoms with Crippen LogP contribution in [0, 0.1) is 0 Å². The Labute approximate surface area is 234 Å². The lowest BCUT2D eigenvalue weighted by Gasteiger charge is -2.39. The quantitative estimate of drug-likeness (QED) is 0.381. The van der Waals surface area contributed by atoms with Crippen LogP contribution >= 0.6 is 22.7 Å². The second-order valence-electron chi connectivity index (χ2n) is 9.56. The minimum atomic E-state index is -0.270. The molecule has 0 aliphatic carbocycles. The molecule has 0 bridgehead atoms. The topological polar surface area (TPSA) is 104 Å². The number of nitrogens with zero attached hydrogens (tertiary/aromatic N) is 6. The molecular weight excluding hydrogens is 534 g/mol. The van der Waals surface area contributed by atoms with Crippen molar-refractivity contribution in [3.8, 4) is 5.75 Å². The third-order valence-electron chi connectivity index (χ3n) is 7.22. The van der Waals surface area contributed by atoms with E-state index in [-0.39, 0.29) is 17.9 Å². The van der Waals surface area contributed by atoms with Gasteiger partial charge in [-0.3, -0.25) is 10.1 Å². The number of rotatable bonds is 5. The van der Waals surface area contributed by atoms with Crippen molar-refractivity contribution in [3.63, 3.8) is 0 Å². The van der Waals surface area contributed by atoms with Crippen molar-refractivity contribution in [3.05, 3.63) is 58.7 Å². The molecule has 2 fully saturated rings. The number of thiazole rings is 2. The van der Waals surface area contributed by atoms with Crippen LogP contribution in [0.3, 0.4) is 0 Å². The number of hydrogen-bond donors (Lipinski definition) is 1. The molecular formula is C27H29N7O3S2. The monoisotopic (exact) mass is 563 g/mol. The van der Waals surface area contributed by atoms with E-state index in [2.05, 4.69) is 25.2 Å². The highest BCUT2D eigenvalue weighted by atomic mass is 32.1. The third kappa shape index (κ3) is 5.39. The zero-order chi connectivity index (χ0) is 26.8. The summed E-state index contributed by atoms with van der Waals surface area (Å²) >= 11 is 2.91. The number of ether oxygens (including phenoxy) is 1. The first-order valence-corrected chi connectivity index (χ1v) is 14.7. The Bertz CT molecular complexity index is 1460. The van der Waals surface area contributed by atoms with E-state index in [1.165, 1.54) is 22.7 Å². The molecule has 2 aliphatic rings. The van der Waals surface area contributed by atoms with Crippen LogP contribution in [0.1, 0.15) is 34.3 Å². The average molecular weight is 564 g/mol. The number of nitrogens with one attached hydrogen (secondary N) is 1. The maximum Gasteiger partial charge on any atom is 0.320 e. The van der Waals surface area contributed by atoms with E-state index in [1.54, 1.807) is 18.7 Å². The number of carbonyl (C=O) groups is 2. The number of para-hydroxylation sites is 1. The Morgan fingerprint density at radius 3 is 2.51 bits per heavy atom. The highest BCUT2D eigenvalue weighted by Crippen LogP contribution is 2.33. The lowest BCUT2D eigenvalue weighted by molar-refractivity contribution is 0.102. The Morgan fingerprint density at radius 2 is 1.77 bits per heavy atom. The number of carbonyl (C=O) groups excluding carboxylic acids is 2. The van der Waals surface area contributed by atoms with Gasteiger partial charge in [0.05, 0.1) is 16.8 Å². The van der Waals surface area contributed by atoms with Crippen LogP contribution in [-0.2, 0) is 0 Å². The maximum absolute atomic E-state index is 13.2. The van der Waals surface area contributed by atoms with Crippen molar-refractivity contribution in [1.82, 2.24) is 24.8 Å². The summed E-state index contributed by atoms with van der Waals surface area (Å²) < 4.78 is 6.31. The van der Waals surface area contributed by atoms with Crippen LogP contribution in [0.2, 0.25) is 0 Å². The minimum absolute atomic E-state index is 0.112. The molecule has 3 aromatic heterocycles. The molecule has 1 N–H and O–H groups in total. The average Bonchev–Trinajstić information content (AvgIpc) is 3.65. The Morgan fingerprint density at radius 1 is 0.974 bits per heavy atom. The third-order valence-corrected chi connectivity index (χ3v) is 9.16. The van der Waals surface area contributed by atoms with Gasteiger partial charge < -0.3 is 19.4 Å². The second-order valence-corrected chi connectivity index (χ2v) is 11.5. The van der Waals surface area contributed by atoms with Gasteiger partial charge >= 0.3 is 6.03 Å². The summed E-state index contributed by atoms with van der Waals surface area (Å²) in [6, 6.07) is 11.7. The van der Waals surface area contributed by atoms with Crippen molar-refractivity contribution in [1.29, 1.82) is 0 Å². The van der Waals surface area contributed by atoms with E-state index in [0.29, 0.717) is 42.8 Å². The molecule has 0 unspecified atom stereocenters. The molecule has 39 heavy (non-hydrogen) atoms. The van der Waals surface area contributed by atoms with E-state index >= 15 is 0 Å². The number of benzene rings is 1. The summed E-state index contributed by atoms with van der Waals surface area (Å²) in [7, 11) is 1.61. The number of fused-ring (bicyclic) bond motifs is 1. The maximum atomic E-state index is 13.2. The molecule has 6 rings (SSSR count). The van der Waals surface area contributed by atoms with Gasteiger partial charge in [0.2, 0.25) is 0 Å². The van der Waals surface area contributed by atoms with E-state index in [4.69, 9.17) is 4.74 Å². The van der Waals surface area contributed by atoms with Crippen molar-refractivity contribution < 1.29 is 14.3 Å². The molecule has 0 saturated carbocycles. The van der Waals surface area contributed by atoms with E-state index in [0.717, 1.165) is 47.0 Å². The number of pyridine rings is 1. The largest absolute Gasteiger partial charge is 0.494 e. The summed E-state index contributed by atoms with van der Waals surface area (Å²) in [4.78, 5) is 45.7. The van der Waals surface area contributed by atoms with Gasteiger partial charge in [-0.15, -0.1) is 11.3 Å². The summed E-state index contributed by atoms with van der Waals surface area (Å²) in [6.07, 6.45) is 3.48. The Kier molecular flexibility index (Phi) is 7.29. The van der Waals surface area contributed by atoms with E-state index < -0.39 is 0 Å². The zero-order valence-electron chi connectivity index (χ0n) is 21.6. The number of anilines is 2. The van der Waals surface area contributed by atoms with Crippen LogP contribution in [0.15, 0.2) is 48.0 Å². The molecule has 0 radical (unpaired) electrons. The molecule has 5 heterocycles. The molecule has 2 saturated heterocycles. The highest BCUT2D eigenvalue weighted by molar-refractivity contribution is 7.22. The molecule has 10 nitrogen and oxygen atoms in total. The van der Waals surface area contributed by atoms with Gasteiger partial charge in [-0.2, -0.15) is 0 Å². The molecule has 12 heteroatoms. The fourth-order valence-electron chi connectivity index (χ4n) is 5.07. The molecule has 3 amide bonds. The smallest absolute Gasteiger partial charge is 0.320 e. The van der Waals surface area contributed by atoms with Crippen LogP contribution in [0.25, 0.3) is 10.2 Å². The van der Waals surface area contributed by atoms with E-state index in [9.17, 15) is 9.59 Å². The molecule has 0 spiro atoms. The highest BCUT2D eigenvalue weighted by Gasteiger charge is 2.30. The van der Waals surface area contributed by atoms with Gasteiger partial charge in [0.1, 0.15) is 22.8 Å². The van der Waals surface area contributed by atoms with Crippen molar-refractivity contribution in [2.75, 3.05) is 56.6 Å². The molecule has 2 aliphatic heterocycles. The number of piperazine rings is 1. The lowest BCUT2D eigenvalue weighted by Crippen LogP contribution is -2.54. The fourth-order valence-corrected chi connectivity index (χ4v) is 6.92. The van der Waals surface area contributed by atoms with Crippen molar-refractivity contribution in [2.45, 2.75) is 18.8 Å². The first-order chi connectivity index (χ1) is 19.1. The van der Waals surface area contributed by atoms with Crippen LogP contribution in [0.5, 0.6) is 5.75 Å². The number of hydrogen-bond acceptors (Lipinski definition) is 9. The minimum Gasteiger partial charge on any atom is -0.494 e. The molecule has 0 atom stereocenters. The van der Waals surface area contributed by atoms with Crippen molar-refractivity contribution in [2.24, 2.45) is 0 Å². The van der Waals surface area contributed by atoms with Crippen LogP contribution in [-0.4, -0.2) is 83.1 Å². The number of aromatic nitrogens is 3. The fraction of sp³-hybridized carbons (Fsp3) is 0.370. The normalized spacial score (nSPS) is 16.5. The first-order valence-electron chi connectivity index (χ1n) is 13.0. The van der Waals surface area contributed by atoms with Crippen molar-refractivity contribution >= 4 is 55.8 Å². The Hall–Kier alpha value is -3.77. The van der Waals surface area contributed by atoms with Crippen LogP contribution < -0.4 is 15.0 Å². The number of piperidine rings is 1. The zero-order valence-corrected chi connectivity index (χ0v) is 23.2. The van der Waals surface area contributed by atoms with Crippen LogP contribution in [0.4, 0.5) is 15.7 Å². The van der Waals surface area contributed by atoms with E-state index in [1.807, 2.05) is 46.2 Å². The summed E-state index contributed by atoms with van der Waals surface area (Å²) in [5.74, 6) is 1.61. The van der Waals surface area contributed by atoms with Gasteiger partial charge in [0.15, 0.2) is 5.13 Å². The number of likely N-dealkylation sites (tertiary alicyclic amines) is 1. The summed E-state index contributed by atoms with van der Waals surface area (Å²) in [6.45, 7) is 4.35. The second kappa shape index (κ2) is 11.1. The predicted molar refractivity (Wildman–Crippen MR) is 153 cm³/mol. The van der Waals surface area contributed by atoms with Gasteiger partial charge in [-0.1, -0.05) is 23.5 Å². The molecule has 1 aromatic carbocycles. The number of methoxy groups -OCH3 is 1. The summed E-state index contributed by atoms with van der Waals surface area (Å²) in [5.41, 5.74) is 1.13. The predicted octanol–water partition coefficient (Wildman–Crippen LogP) is 4.53. The number of urea groups is 1. The molecule has 4 aromatic rings. The SMILES string of the molecule is COc1cccc2sc(NC(=O)c3csc(C4CCN(C(=O)N5CCN(c6ccccn6)CC5)CC4)n3)nc12. The lowest BCUT2D eigenvalue weighted by atomic mass is 9.98. The van der Waals surface area contributed by atoms with Gasteiger partial charge in [-0.05, 0) is 37.1 Å².